The second-order valence-corrected chi connectivity index (χ2v) is 6.22. The first kappa shape index (κ1) is 15.4. The summed E-state index contributed by atoms with van der Waals surface area (Å²) in [5, 5.41) is 9.33. The third-order valence-electron chi connectivity index (χ3n) is 3.33. The van der Waals surface area contributed by atoms with Crippen molar-refractivity contribution in [2.45, 2.75) is 31.5 Å². The highest BCUT2D eigenvalue weighted by Crippen LogP contribution is 2.32. The van der Waals surface area contributed by atoms with Gasteiger partial charge in [0, 0.05) is 0 Å². The number of nitrogens with zero attached hydrogens (tertiary/aromatic N) is 2. The zero-order valence-corrected chi connectivity index (χ0v) is 12.9. The lowest BCUT2D eigenvalue weighted by atomic mass is 10.0. The average molecular weight is 307 g/mol. The summed E-state index contributed by atoms with van der Waals surface area (Å²) in [6.45, 7) is 5.32. The quantitative estimate of drug-likeness (QED) is 0.820. The van der Waals surface area contributed by atoms with Crippen molar-refractivity contribution >= 4 is 34.7 Å². The molecule has 2 aromatic rings. The van der Waals surface area contributed by atoms with Crippen molar-refractivity contribution in [3.05, 3.63) is 23.8 Å². The third kappa shape index (κ3) is 2.73. The Morgan fingerprint density at radius 2 is 2.10 bits per heavy atom. The number of carbonyl (C=O) groups is 2. The smallest absolute Gasteiger partial charge is 0.313 e. The second kappa shape index (κ2) is 5.40. The number of amides is 1. The Morgan fingerprint density at radius 1 is 1.43 bits per heavy atom. The largest absolute Gasteiger partial charge is 0.481 e. The van der Waals surface area contributed by atoms with Crippen LogP contribution in [0.1, 0.15) is 19.4 Å². The van der Waals surface area contributed by atoms with E-state index in [1.54, 1.807) is 18.4 Å². The summed E-state index contributed by atoms with van der Waals surface area (Å²) in [5.74, 6) is -1.56. The number of aromatic nitrogens is 2. The monoisotopic (exact) mass is 307 g/mol. The van der Waals surface area contributed by atoms with Crippen molar-refractivity contribution in [3.63, 3.8) is 0 Å². The molecule has 0 unspecified atom stereocenters. The maximum absolute atomic E-state index is 11.8. The molecule has 0 bridgehead atoms. The number of fused-ring (bicyclic) bond motifs is 1. The van der Waals surface area contributed by atoms with E-state index in [-0.39, 0.29) is 5.75 Å². The van der Waals surface area contributed by atoms with E-state index in [2.05, 4.69) is 4.98 Å². The number of imidazole rings is 1. The highest BCUT2D eigenvalue weighted by Gasteiger charge is 2.32. The van der Waals surface area contributed by atoms with E-state index in [1.807, 2.05) is 25.1 Å². The summed E-state index contributed by atoms with van der Waals surface area (Å²) in [4.78, 5) is 27.1. The topological polar surface area (TPSA) is 98.2 Å². The first-order valence-electron chi connectivity index (χ1n) is 6.38. The Hall–Kier alpha value is -2.02. The number of aliphatic carboxylic acids is 1. The van der Waals surface area contributed by atoms with E-state index in [9.17, 15) is 9.59 Å². The van der Waals surface area contributed by atoms with Gasteiger partial charge in [-0.05, 0) is 32.4 Å². The molecule has 0 atom stereocenters. The Kier molecular flexibility index (Phi) is 3.95. The molecule has 7 heteroatoms. The summed E-state index contributed by atoms with van der Waals surface area (Å²) in [5.41, 5.74) is 6.99. The molecule has 3 N–H and O–H groups in total. The number of para-hydroxylation sites is 1. The average Bonchev–Trinajstić information content (AvgIpc) is 2.76. The van der Waals surface area contributed by atoms with Crippen molar-refractivity contribution in [2.24, 2.45) is 5.73 Å². The number of carboxylic acids is 1. The number of hydrogen-bond acceptors (Lipinski definition) is 4. The summed E-state index contributed by atoms with van der Waals surface area (Å²) >= 11 is 1.08. The van der Waals surface area contributed by atoms with Crippen molar-refractivity contribution in [1.29, 1.82) is 0 Å². The number of carbonyl (C=O) groups excluding carboxylic acids is 1. The fourth-order valence-electron chi connectivity index (χ4n) is 2.13. The predicted molar refractivity (Wildman–Crippen MR) is 81.3 cm³/mol. The standard InChI is InChI=1S/C14H17N3O3S/c1-8-5-4-6-9-11(8)17(14(2,3)12(15)20)13(16-9)21-7-10(18)19/h4-6H,7H2,1-3H3,(H2,15,20)(H,18,19). The van der Waals surface area contributed by atoms with Crippen LogP contribution in [0.3, 0.4) is 0 Å². The number of rotatable bonds is 5. The molecule has 1 heterocycles. The predicted octanol–water partition coefficient (Wildman–Crippen LogP) is 1.74. The lowest BCUT2D eigenvalue weighted by Gasteiger charge is -2.26. The lowest BCUT2D eigenvalue weighted by molar-refractivity contribution is -0.133. The molecule has 0 aliphatic carbocycles. The van der Waals surface area contributed by atoms with Gasteiger partial charge in [-0.2, -0.15) is 0 Å². The highest BCUT2D eigenvalue weighted by molar-refractivity contribution is 7.99. The van der Waals surface area contributed by atoms with Gasteiger partial charge in [0.1, 0.15) is 5.54 Å². The SMILES string of the molecule is Cc1cccc2nc(SCC(=O)O)n(C(C)(C)C(N)=O)c12. The van der Waals surface area contributed by atoms with Crippen LogP contribution >= 0.6 is 11.8 Å². The summed E-state index contributed by atoms with van der Waals surface area (Å²) in [6, 6.07) is 5.63. The minimum atomic E-state index is -0.998. The normalized spacial score (nSPS) is 11.8. The number of carboxylic acid groups (broad SMARTS) is 1. The molecule has 0 saturated heterocycles. The molecule has 2 rings (SSSR count). The molecular formula is C14H17N3O3S. The molecule has 0 radical (unpaired) electrons. The molecule has 0 saturated carbocycles. The van der Waals surface area contributed by atoms with Crippen molar-refractivity contribution in [2.75, 3.05) is 5.75 Å². The zero-order valence-electron chi connectivity index (χ0n) is 12.1. The molecule has 0 spiro atoms. The molecule has 112 valence electrons. The van der Waals surface area contributed by atoms with E-state index in [0.717, 1.165) is 28.4 Å². The number of benzene rings is 1. The molecule has 1 aromatic carbocycles. The number of nitrogens with two attached hydrogens (primary N) is 1. The van der Waals surface area contributed by atoms with Gasteiger partial charge >= 0.3 is 5.97 Å². The molecule has 0 aliphatic heterocycles. The number of thioether (sulfide) groups is 1. The van der Waals surface area contributed by atoms with Crippen LogP contribution in [0.15, 0.2) is 23.4 Å². The molecule has 0 fully saturated rings. The Morgan fingerprint density at radius 3 is 2.67 bits per heavy atom. The number of aryl methyl sites for hydroxylation is 1. The number of hydrogen-bond donors (Lipinski definition) is 2. The van der Waals surface area contributed by atoms with Crippen LogP contribution in [0.2, 0.25) is 0 Å². The van der Waals surface area contributed by atoms with Crippen LogP contribution in [0.5, 0.6) is 0 Å². The third-order valence-corrected chi connectivity index (χ3v) is 4.26. The summed E-state index contributed by atoms with van der Waals surface area (Å²) < 4.78 is 1.73. The lowest BCUT2D eigenvalue weighted by Crippen LogP contribution is -2.41. The van der Waals surface area contributed by atoms with Crippen LogP contribution in [-0.2, 0) is 15.1 Å². The fourth-order valence-corrected chi connectivity index (χ4v) is 2.99. The minimum absolute atomic E-state index is 0.128. The van der Waals surface area contributed by atoms with Crippen LogP contribution in [0.25, 0.3) is 11.0 Å². The Balaban J connectivity index is 2.70. The maximum Gasteiger partial charge on any atom is 0.313 e. The molecule has 1 aromatic heterocycles. The number of primary amides is 1. The van der Waals surface area contributed by atoms with E-state index in [1.165, 1.54) is 0 Å². The van der Waals surface area contributed by atoms with Gasteiger partial charge in [0.2, 0.25) is 5.91 Å². The maximum atomic E-state index is 11.8. The Bertz CT molecular complexity index is 722. The minimum Gasteiger partial charge on any atom is -0.481 e. The van der Waals surface area contributed by atoms with Crippen LogP contribution in [-0.4, -0.2) is 32.3 Å². The van der Waals surface area contributed by atoms with Gasteiger partial charge in [0.05, 0.1) is 16.8 Å². The van der Waals surface area contributed by atoms with Gasteiger partial charge in [0.15, 0.2) is 5.16 Å². The second-order valence-electron chi connectivity index (χ2n) is 5.28. The summed E-state index contributed by atoms with van der Waals surface area (Å²) in [6.07, 6.45) is 0. The van der Waals surface area contributed by atoms with Gasteiger partial charge < -0.3 is 15.4 Å². The van der Waals surface area contributed by atoms with Crippen LogP contribution in [0, 0.1) is 6.92 Å². The summed E-state index contributed by atoms with van der Waals surface area (Å²) in [7, 11) is 0. The Labute approximate surface area is 126 Å². The van der Waals surface area contributed by atoms with Gasteiger partial charge in [-0.1, -0.05) is 23.9 Å². The van der Waals surface area contributed by atoms with Gasteiger partial charge in [-0.3, -0.25) is 9.59 Å². The van der Waals surface area contributed by atoms with Crippen LogP contribution in [0.4, 0.5) is 0 Å². The van der Waals surface area contributed by atoms with Gasteiger partial charge in [-0.25, -0.2) is 4.98 Å². The van der Waals surface area contributed by atoms with Crippen molar-refractivity contribution in [1.82, 2.24) is 9.55 Å². The molecule has 21 heavy (non-hydrogen) atoms. The van der Waals surface area contributed by atoms with E-state index >= 15 is 0 Å². The first-order valence-corrected chi connectivity index (χ1v) is 7.36. The van der Waals surface area contributed by atoms with Crippen molar-refractivity contribution < 1.29 is 14.7 Å². The van der Waals surface area contributed by atoms with Gasteiger partial charge in [-0.15, -0.1) is 0 Å². The van der Waals surface area contributed by atoms with Crippen LogP contribution < -0.4 is 5.73 Å². The van der Waals surface area contributed by atoms with E-state index < -0.39 is 17.4 Å². The molecule has 1 amide bonds. The van der Waals surface area contributed by atoms with E-state index in [4.69, 9.17) is 10.8 Å². The fraction of sp³-hybridized carbons (Fsp3) is 0.357. The molecular weight excluding hydrogens is 290 g/mol. The van der Waals surface area contributed by atoms with Gasteiger partial charge in [0.25, 0.3) is 0 Å². The van der Waals surface area contributed by atoms with E-state index in [0.29, 0.717) is 5.16 Å². The molecule has 6 nitrogen and oxygen atoms in total. The highest BCUT2D eigenvalue weighted by atomic mass is 32.2. The first-order chi connectivity index (χ1) is 9.75. The molecule has 0 aliphatic rings. The zero-order chi connectivity index (χ0) is 15.8. The van der Waals surface area contributed by atoms with Crippen molar-refractivity contribution in [3.8, 4) is 0 Å².